The van der Waals surface area contributed by atoms with Gasteiger partial charge in [-0.1, -0.05) is 6.92 Å². The van der Waals surface area contributed by atoms with Crippen LogP contribution in [-0.2, 0) is 23.7 Å². The van der Waals surface area contributed by atoms with Crippen LogP contribution in [0.4, 0.5) is 0 Å². The minimum Gasteiger partial charge on any atom is -0.389 e. The van der Waals surface area contributed by atoms with Gasteiger partial charge in [0.2, 0.25) is 0 Å². The lowest BCUT2D eigenvalue weighted by atomic mass is 9.82. The monoisotopic (exact) mass is 594 g/mol. The van der Waals surface area contributed by atoms with Crippen molar-refractivity contribution in [3.63, 3.8) is 0 Å². The van der Waals surface area contributed by atoms with Crippen molar-refractivity contribution in [1.82, 2.24) is 10.6 Å². The van der Waals surface area contributed by atoms with Crippen molar-refractivity contribution in [2.75, 3.05) is 32.8 Å². The summed E-state index contributed by atoms with van der Waals surface area (Å²) in [6.45, 7) is 4.28. The second-order valence-corrected chi connectivity index (χ2v) is 11.6. The Labute approximate surface area is 240 Å². The van der Waals surface area contributed by atoms with E-state index in [1.165, 1.54) is 6.92 Å². The molecule has 6 unspecified atom stereocenters. The Hall–Kier alpha value is -1.09. The van der Waals surface area contributed by atoms with Crippen LogP contribution in [0.15, 0.2) is 0 Å². The smallest absolute Gasteiger partial charge is 0.251 e. The van der Waals surface area contributed by atoms with Crippen molar-refractivity contribution in [2.45, 2.75) is 112 Å². The number of hydrogen-bond acceptors (Lipinski definition) is 15. The molecular formula is C25H50N6O10. The van der Waals surface area contributed by atoms with Gasteiger partial charge < -0.3 is 78.0 Å². The highest BCUT2D eigenvalue weighted by molar-refractivity contribution is 5.81. The molecule has 0 aromatic rings. The Balaban J connectivity index is 1.78. The predicted molar refractivity (Wildman–Crippen MR) is 145 cm³/mol. The Morgan fingerprint density at radius 2 is 1.76 bits per heavy atom. The fourth-order valence-corrected chi connectivity index (χ4v) is 5.34. The van der Waals surface area contributed by atoms with Crippen molar-refractivity contribution >= 4 is 5.91 Å². The van der Waals surface area contributed by atoms with Crippen LogP contribution in [0, 0.1) is 5.92 Å². The second-order valence-electron chi connectivity index (χ2n) is 11.6. The molecule has 1 aliphatic carbocycles. The van der Waals surface area contributed by atoms with E-state index in [4.69, 9.17) is 41.9 Å². The zero-order chi connectivity index (χ0) is 30.5. The normalized spacial score (nSPS) is 43.3. The number of nitrogens with one attached hydrogen (secondary N) is 2. The van der Waals surface area contributed by atoms with Gasteiger partial charge in [0, 0.05) is 38.1 Å². The van der Waals surface area contributed by atoms with E-state index < -0.39 is 84.8 Å². The van der Waals surface area contributed by atoms with Gasteiger partial charge in [-0.05, 0) is 26.2 Å². The third-order valence-electron chi connectivity index (χ3n) is 8.31. The molecule has 0 aromatic carbocycles. The standard InChI is InChI=1S/C25H50N6O10/c1-11-17(33)24(38-10-25(11,2)37)41-21-15(31-22(36)18(34)16(32)8-27)7-14(29)20(19(21)35)40-23-13(28)4-3-12(39-23)9-30-6-5-26/h11-21,23-24,30,32-35,37H,3-10,26-29H2,1-2H3,(H,31,36)/t11-,12+,13?,14+,15-,16+,17?,18+,19?,20?,21?,23-,24-,25?/m1/s1. The number of aliphatic hydroxyl groups is 5. The summed E-state index contributed by atoms with van der Waals surface area (Å²) >= 11 is 0. The lowest BCUT2D eigenvalue weighted by Gasteiger charge is -2.48. The Morgan fingerprint density at radius 1 is 1.07 bits per heavy atom. The molecule has 3 rings (SSSR count). The summed E-state index contributed by atoms with van der Waals surface area (Å²) in [4.78, 5) is 12.7. The van der Waals surface area contributed by atoms with Gasteiger partial charge in [0.1, 0.15) is 30.5 Å². The van der Waals surface area contributed by atoms with Gasteiger partial charge in [-0.3, -0.25) is 4.79 Å². The molecule has 0 bridgehead atoms. The first-order chi connectivity index (χ1) is 19.3. The molecule has 16 nitrogen and oxygen atoms in total. The molecule has 16 heteroatoms. The first kappa shape index (κ1) is 34.4. The number of hydrogen-bond donors (Lipinski definition) is 11. The summed E-state index contributed by atoms with van der Waals surface area (Å²) in [5, 5.41) is 58.5. The molecule has 0 aromatic heterocycles. The molecule has 15 N–H and O–H groups in total. The largest absolute Gasteiger partial charge is 0.389 e. The molecule has 14 atom stereocenters. The van der Waals surface area contributed by atoms with E-state index in [2.05, 4.69) is 10.6 Å². The average molecular weight is 595 g/mol. The fraction of sp³-hybridized carbons (Fsp3) is 0.960. The summed E-state index contributed by atoms with van der Waals surface area (Å²) in [5.41, 5.74) is 22.3. The van der Waals surface area contributed by atoms with E-state index in [1.807, 2.05) is 0 Å². The van der Waals surface area contributed by atoms with Gasteiger partial charge in [-0.2, -0.15) is 0 Å². The molecule has 41 heavy (non-hydrogen) atoms. The SMILES string of the molecule is C[C@@H]1C(O)[C@@H](OC2C(O)C(O[C@H]3O[C@H](CNCCN)CCC3N)[C@@H](N)C[C@H]2NC(=O)[C@@H](O)[C@@H](O)CN)OCC1(C)O. The molecule has 3 fully saturated rings. The maximum atomic E-state index is 12.7. The summed E-state index contributed by atoms with van der Waals surface area (Å²) in [6, 6.07) is -2.32. The molecule has 3 aliphatic rings. The van der Waals surface area contributed by atoms with E-state index in [0.29, 0.717) is 32.5 Å². The lowest BCUT2D eigenvalue weighted by molar-refractivity contribution is -0.314. The number of amides is 1. The van der Waals surface area contributed by atoms with Gasteiger partial charge in [-0.15, -0.1) is 0 Å². The third-order valence-corrected chi connectivity index (χ3v) is 8.31. The van der Waals surface area contributed by atoms with Crippen LogP contribution in [0.2, 0.25) is 0 Å². The molecule has 2 saturated heterocycles. The summed E-state index contributed by atoms with van der Waals surface area (Å²) in [5.74, 6) is -1.60. The molecule has 1 amide bonds. The van der Waals surface area contributed by atoms with E-state index in [-0.39, 0.29) is 25.7 Å². The predicted octanol–water partition coefficient (Wildman–Crippen LogP) is -5.50. The quantitative estimate of drug-likeness (QED) is 0.0940. The molecule has 0 radical (unpaired) electrons. The number of ether oxygens (including phenoxy) is 4. The topological polar surface area (TPSA) is 283 Å². The zero-order valence-corrected chi connectivity index (χ0v) is 23.7. The van der Waals surface area contributed by atoms with E-state index in [0.717, 1.165) is 0 Å². The highest BCUT2D eigenvalue weighted by Crippen LogP contribution is 2.34. The van der Waals surface area contributed by atoms with Crippen molar-refractivity contribution in [3.05, 3.63) is 0 Å². The van der Waals surface area contributed by atoms with Crippen LogP contribution >= 0.6 is 0 Å². The first-order valence-corrected chi connectivity index (χ1v) is 14.3. The van der Waals surface area contributed by atoms with Crippen molar-refractivity contribution < 1.29 is 49.3 Å². The highest BCUT2D eigenvalue weighted by atomic mass is 16.7. The van der Waals surface area contributed by atoms with Crippen molar-refractivity contribution in [2.24, 2.45) is 28.9 Å². The van der Waals surface area contributed by atoms with Crippen molar-refractivity contribution in [1.29, 1.82) is 0 Å². The van der Waals surface area contributed by atoms with Crippen LogP contribution in [0.25, 0.3) is 0 Å². The fourth-order valence-electron chi connectivity index (χ4n) is 5.34. The molecule has 240 valence electrons. The number of rotatable bonds is 12. The van der Waals surface area contributed by atoms with E-state index in [1.54, 1.807) is 6.92 Å². The van der Waals surface area contributed by atoms with Gasteiger partial charge in [0.05, 0.1) is 30.4 Å². The summed E-state index contributed by atoms with van der Waals surface area (Å²) < 4.78 is 23.8. The van der Waals surface area contributed by atoms with Gasteiger partial charge in [0.15, 0.2) is 18.7 Å². The minimum absolute atomic E-state index is 0.0170. The summed E-state index contributed by atoms with van der Waals surface area (Å²) in [6.07, 6.45) is -9.44. The Bertz CT molecular complexity index is 830. The van der Waals surface area contributed by atoms with Crippen LogP contribution in [0.1, 0.15) is 33.1 Å². The minimum atomic E-state index is -1.84. The number of nitrogens with two attached hydrogens (primary N) is 4. The Kier molecular flexibility index (Phi) is 12.6. The number of carbonyl (C=O) groups excluding carboxylic acids is 1. The highest BCUT2D eigenvalue weighted by Gasteiger charge is 2.51. The van der Waals surface area contributed by atoms with Gasteiger partial charge in [0.25, 0.3) is 5.91 Å². The molecule has 2 heterocycles. The molecule has 0 spiro atoms. The lowest BCUT2D eigenvalue weighted by Crippen LogP contribution is -2.68. The van der Waals surface area contributed by atoms with Gasteiger partial charge in [-0.25, -0.2) is 0 Å². The number of aliphatic hydroxyl groups excluding tert-OH is 4. The summed E-state index contributed by atoms with van der Waals surface area (Å²) in [7, 11) is 0. The molecule has 2 aliphatic heterocycles. The average Bonchev–Trinajstić information content (AvgIpc) is 2.93. The van der Waals surface area contributed by atoms with Gasteiger partial charge >= 0.3 is 0 Å². The van der Waals surface area contributed by atoms with E-state index >= 15 is 0 Å². The van der Waals surface area contributed by atoms with Crippen LogP contribution < -0.4 is 33.6 Å². The number of carbonyl (C=O) groups is 1. The Morgan fingerprint density at radius 3 is 2.41 bits per heavy atom. The first-order valence-electron chi connectivity index (χ1n) is 14.3. The second kappa shape index (κ2) is 15.1. The van der Waals surface area contributed by atoms with Crippen LogP contribution in [0.3, 0.4) is 0 Å². The van der Waals surface area contributed by atoms with Crippen molar-refractivity contribution in [3.8, 4) is 0 Å². The van der Waals surface area contributed by atoms with Crippen LogP contribution in [-0.4, -0.2) is 143 Å². The maximum absolute atomic E-state index is 12.7. The molecule has 1 saturated carbocycles. The molecular weight excluding hydrogens is 544 g/mol. The van der Waals surface area contributed by atoms with Crippen LogP contribution in [0.5, 0.6) is 0 Å². The third kappa shape index (κ3) is 8.51. The maximum Gasteiger partial charge on any atom is 0.251 e. The zero-order valence-electron chi connectivity index (χ0n) is 23.7. The van der Waals surface area contributed by atoms with E-state index in [9.17, 15) is 30.3 Å².